The van der Waals surface area contributed by atoms with Crippen LogP contribution in [0.25, 0.3) is 62.0 Å². The van der Waals surface area contributed by atoms with Crippen molar-refractivity contribution in [2.75, 3.05) is 0 Å². The number of rotatable bonds is 2. The van der Waals surface area contributed by atoms with E-state index < -0.39 is 5.41 Å². The first kappa shape index (κ1) is 31.8. The summed E-state index contributed by atoms with van der Waals surface area (Å²) in [6, 6.07) is 54.4. The van der Waals surface area contributed by atoms with Crippen LogP contribution < -0.4 is 0 Å². The molecule has 0 saturated heterocycles. The third kappa shape index (κ3) is 4.20. The molecule has 9 aromatic rings. The van der Waals surface area contributed by atoms with Crippen LogP contribution in [-0.2, 0) is 10.8 Å². The molecular weight excluding hydrogens is 699 g/mol. The highest BCUT2D eigenvalue weighted by atomic mass is 32.2. The topological polar surface area (TPSA) is 30.7 Å². The van der Waals surface area contributed by atoms with Gasteiger partial charge in [-0.2, -0.15) is 0 Å². The van der Waals surface area contributed by atoms with E-state index in [4.69, 9.17) is 4.98 Å². The van der Waals surface area contributed by atoms with Crippen LogP contribution in [0.15, 0.2) is 174 Å². The first-order valence-electron chi connectivity index (χ1n) is 19.3. The molecule has 4 heteroatoms. The van der Waals surface area contributed by atoms with Gasteiger partial charge in [-0.05, 0) is 121 Å². The second kappa shape index (κ2) is 11.5. The molecule has 1 atom stereocenters. The quantitative estimate of drug-likeness (QED) is 0.177. The van der Waals surface area contributed by atoms with Crippen LogP contribution in [-0.4, -0.2) is 14.5 Å². The molecule has 3 nitrogen and oxygen atoms in total. The standard InChI is InChI=1S/C52H35N3S/c1-51(2)41-14-6-4-12-36(41)37-29-45-49(30-44(37)51)56-48-16-8-7-15-42(48)52(45)40-13-5-3-11-32(40)18-19-33-20-21-35(28-43(33)52)34-22-23-46-38(27-34)39-31-53-26-24-47(39)55(46)50-17-9-10-25-54-50/h3-31H,1-2H3. The molecule has 12 rings (SSSR count). The maximum atomic E-state index is 4.74. The van der Waals surface area contributed by atoms with E-state index in [1.807, 2.05) is 42.5 Å². The lowest BCUT2D eigenvalue weighted by atomic mass is 9.62. The largest absolute Gasteiger partial charge is 0.294 e. The molecule has 0 fully saturated rings. The summed E-state index contributed by atoms with van der Waals surface area (Å²) in [7, 11) is 0. The minimum atomic E-state index is -0.567. The third-order valence-corrected chi connectivity index (χ3v) is 13.8. The van der Waals surface area contributed by atoms with Crippen LogP contribution in [0.5, 0.6) is 0 Å². The number of aromatic nitrogens is 3. The highest BCUT2D eigenvalue weighted by Crippen LogP contribution is 2.61. The number of pyridine rings is 2. The monoisotopic (exact) mass is 733 g/mol. The van der Waals surface area contributed by atoms with Crippen LogP contribution >= 0.6 is 11.8 Å². The molecule has 3 aromatic heterocycles. The Morgan fingerprint density at radius 2 is 1.23 bits per heavy atom. The van der Waals surface area contributed by atoms with Gasteiger partial charge < -0.3 is 0 Å². The second-order valence-electron chi connectivity index (χ2n) is 15.8. The van der Waals surface area contributed by atoms with Gasteiger partial charge in [0.1, 0.15) is 5.82 Å². The molecular formula is C52H35N3S. The molecule has 1 unspecified atom stereocenters. The van der Waals surface area contributed by atoms with Crippen LogP contribution in [0.4, 0.5) is 0 Å². The van der Waals surface area contributed by atoms with E-state index in [1.165, 1.54) is 76.6 Å². The fourth-order valence-electron chi connectivity index (χ4n) is 10.1. The van der Waals surface area contributed by atoms with Gasteiger partial charge in [0.15, 0.2) is 0 Å². The lowest BCUT2D eigenvalue weighted by Gasteiger charge is -2.43. The van der Waals surface area contributed by atoms with Crippen LogP contribution in [0.2, 0.25) is 0 Å². The Hall–Kier alpha value is -6.49. The maximum Gasteiger partial charge on any atom is 0.137 e. The van der Waals surface area contributed by atoms with Crippen molar-refractivity contribution < 1.29 is 0 Å². The van der Waals surface area contributed by atoms with Gasteiger partial charge in [-0.25, -0.2) is 4.98 Å². The molecule has 6 aromatic carbocycles. The van der Waals surface area contributed by atoms with Crippen molar-refractivity contribution in [3.05, 3.63) is 209 Å². The zero-order chi connectivity index (χ0) is 37.2. The molecule has 1 spiro atoms. The molecule has 0 saturated carbocycles. The minimum Gasteiger partial charge on any atom is -0.294 e. The molecule has 0 radical (unpaired) electrons. The number of nitrogens with zero attached hydrogens (tertiary/aromatic N) is 3. The van der Waals surface area contributed by atoms with Gasteiger partial charge in [0.2, 0.25) is 0 Å². The fourth-order valence-corrected chi connectivity index (χ4v) is 11.3. The van der Waals surface area contributed by atoms with E-state index in [1.54, 1.807) is 0 Å². The Labute approximate surface area is 330 Å². The molecule has 56 heavy (non-hydrogen) atoms. The average Bonchev–Trinajstić information content (AvgIpc) is 3.63. The molecule has 3 aliphatic rings. The van der Waals surface area contributed by atoms with Crippen LogP contribution in [0, 0.1) is 0 Å². The van der Waals surface area contributed by atoms with E-state index in [9.17, 15) is 0 Å². The summed E-state index contributed by atoms with van der Waals surface area (Å²) in [5.74, 6) is 0.897. The average molecular weight is 734 g/mol. The Balaban J connectivity index is 1.15. The van der Waals surface area contributed by atoms with Crippen molar-refractivity contribution in [1.29, 1.82) is 0 Å². The summed E-state index contributed by atoms with van der Waals surface area (Å²) < 4.78 is 2.25. The van der Waals surface area contributed by atoms with Crippen molar-refractivity contribution in [2.45, 2.75) is 34.5 Å². The van der Waals surface area contributed by atoms with E-state index in [-0.39, 0.29) is 5.41 Å². The van der Waals surface area contributed by atoms with Crippen molar-refractivity contribution in [2.24, 2.45) is 0 Å². The van der Waals surface area contributed by atoms with Crippen LogP contribution in [0.3, 0.4) is 0 Å². The summed E-state index contributed by atoms with van der Waals surface area (Å²) in [4.78, 5) is 11.9. The van der Waals surface area contributed by atoms with Crippen molar-refractivity contribution in [3.8, 4) is 28.1 Å². The molecule has 2 aliphatic carbocycles. The number of benzene rings is 6. The number of fused-ring (bicyclic) bond motifs is 14. The second-order valence-corrected chi connectivity index (χ2v) is 16.9. The Morgan fingerprint density at radius 1 is 0.500 bits per heavy atom. The van der Waals surface area contributed by atoms with Crippen molar-refractivity contribution in [1.82, 2.24) is 14.5 Å². The Kier molecular flexibility index (Phi) is 6.54. The summed E-state index contributed by atoms with van der Waals surface area (Å²) >= 11 is 1.92. The first-order valence-corrected chi connectivity index (χ1v) is 20.1. The predicted molar refractivity (Wildman–Crippen MR) is 231 cm³/mol. The van der Waals surface area contributed by atoms with E-state index in [0.717, 1.165) is 27.6 Å². The summed E-state index contributed by atoms with van der Waals surface area (Å²) in [5.41, 5.74) is 17.2. The van der Waals surface area contributed by atoms with Gasteiger partial charge >= 0.3 is 0 Å². The summed E-state index contributed by atoms with van der Waals surface area (Å²) in [5, 5.41) is 2.27. The fraction of sp³-hybridized carbons (Fsp3) is 0.0769. The normalized spacial score (nSPS) is 16.8. The van der Waals surface area contributed by atoms with Gasteiger partial charge in [-0.1, -0.05) is 129 Å². The molecule has 0 N–H and O–H groups in total. The first-order chi connectivity index (χ1) is 27.5. The van der Waals surface area contributed by atoms with E-state index in [0.29, 0.717) is 0 Å². The highest BCUT2D eigenvalue weighted by molar-refractivity contribution is 7.99. The lowest BCUT2D eigenvalue weighted by molar-refractivity contribution is 0.653. The van der Waals surface area contributed by atoms with Gasteiger partial charge in [0, 0.05) is 44.6 Å². The van der Waals surface area contributed by atoms with Crippen molar-refractivity contribution >= 4 is 45.7 Å². The summed E-state index contributed by atoms with van der Waals surface area (Å²) in [6.07, 6.45) is 10.4. The molecule has 0 amide bonds. The molecule has 1 aliphatic heterocycles. The van der Waals surface area contributed by atoms with E-state index >= 15 is 0 Å². The van der Waals surface area contributed by atoms with Crippen molar-refractivity contribution in [3.63, 3.8) is 0 Å². The molecule has 4 heterocycles. The highest BCUT2D eigenvalue weighted by Gasteiger charge is 2.48. The zero-order valence-electron chi connectivity index (χ0n) is 31.0. The maximum absolute atomic E-state index is 4.74. The van der Waals surface area contributed by atoms with Gasteiger partial charge in [-0.3, -0.25) is 9.55 Å². The number of hydrogen-bond donors (Lipinski definition) is 0. The number of hydrogen-bond acceptors (Lipinski definition) is 3. The van der Waals surface area contributed by atoms with Gasteiger partial charge in [0.05, 0.1) is 16.4 Å². The zero-order valence-corrected chi connectivity index (χ0v) is 31.8. The van der Waals surface area contributed by atoms with Gasteiger partial charge in [0.25, 0.3) is 0 Å². The van der Waals surface area contributed by atoms with E-state index in [2.05, 4.69) is 169 Å². The third-order valence-electron chi connectivity index (χ3n) is 12.6. The van der Waals surface area contributed by atoms with Gasteiger partial charge in [-0.15, -0.1) is 0 Å². The summed E-state index contributed by atoms with van der Waals surface area (Å²) in [6.45, 7) is 4.77. The molecule has 0 bridgehead atoms. The smallest absolute Gasteiger partial charge is 0.137 e. The lowest BCUT2D eigenvalue weighted by Crippen LogP contribution is -2.35. The Bertz CT molecular complexity index is 3150. The van der Waals surface area contributed by atoms with Crippen LogP contribution in [0.1, 0.15) is 58.4 Å². The minimum absolute atomic E-state index is 0.0898. The Morgan fingerprint density at radius 3 is 2.11 bits per heavy atom. The SMILES string of the molecule is CC1(C)c2ccccc2-c2cc3c(cc21)Sc1ccccc1C31c2ccccc2C=Cc2ccc(-c3ccc4c(c3)c3cnccc3n4-c3ccccn3)cc21. The molecule has 264 valence electrons. The predicted octanol–water partition coefficient (Wildman–Crippen LogP) is 12.9.